The number of nitrogens with zero attached hydrogens (tertiary/aromatic N) is 2. The van der Waals surface area contributed by atoms with Crippen molar-refractivity contribution in [1.29, 1.82) is 0 Å². The number of methoxy groups -OCH3 is 2. The Balaban J connectivity index is 1.70. The highest BCUT2D eigenvalue weighted by molar-refractivity contribution is 8.00. The number of carbonyl (C=O) groups is 2. The summed E-state index contributed by atoms with van der Waals surface area (Å²) in [7, 11) is 3.20. The molecule has 25 heavy (non-hydrogen) atoms. The predicted molar refractivity (Wildman–Crippen MR) is 96.9 cm³/mol. The largest absolute Gasteiger partial charge is 0.493 e. The van der Waals surface area contributed by atoms with E-state index in [1.807, 2.05) is 23.1 Å². The van der Waals surface area contributed by atoms with Crippen LogP contribution in [0.25, 0.3) is 0 Å². The van der Waals surface area contributed by atoms with Crippen molar-refractivity contribution in [1.82, 2.24) is 9.80 Å². The third-order valence-corrected chi connectivity index (χ3v) is 5.94. The van der Waals surface area contributed by atoms with Gasteiger partial charge in [0.25, 0.3) is 0 Å². The van der Waals surface area contributed by atoms with Gasteiger partial charge in [-0.25, -0.2) is 0 Å². The number of hydrogen-bond acceptors (Lipinski definition) is 5. The number of thioether (sulfide) groups is 1. The first-order valence-corrected chi connectivity index (χ1v) is 9.59. The van der Waals surface area contributed by atoms with E-state index in [1.54, 1.807) is 30.9 Å². The van der Waals surface area contributed by atoms with E-state index in [0.717, 1.165) is 31.5 Å². The molecule has 0 N–H and O–H groups in total. The van der Waals surface area contributed by atoms with E-state index < -0.39 is 0 Å². The molecule has 2 amide bonds. The van der Waals surface area contributed by atoms with Crippen molar-refractivity contribution in [2.45, 2.75) is 24.6 Å². The Morgan fingerprint density at radius 1 is 1.20 bits per heavy atom. The SMILES string of the molecule is COc1ccc([C@H]2SCC(=O)N2CCC(=O)N2CCCC2)cc1OC. The smallest absolute Gasteiger partial charge is 0.233 e. The molecule has 0 saturated carbocycles. The van der Waals surface area contributed by atoms with Gasteiger partial charge in [-0.05, 0) is 30.5 Å². The highest BCUT2D eigenvalue weighted by Crippen LogP contribution is 2.41. The predicted octanol–water partition coefficient (Wildman–Crippen LogP) is 2.29. The Kier molecular flexibility index (Phi) is 5.73. The normalized spacial score (nSPS) is 20.2. The van der Waals surface area contributed by atoms with Gasteiger partial charge in [0.15, 0.2) is 11.5 Å². The summed E-state index contributed by atoms with van der Waals surface area (Å²) in [6.07, 6.45) is 2.55. The lowest BCUT2D eigenvalue weighted by molar-refractivity contribution is -0.132. The third kappa shape index (κ3) is 3.86. The summed E-state index contributed by atoms with van der Waals surface area (Å²) in [4.78, 5) is 28.3. The number of hydrogen-bond donors (Lipinski definition) is 0. The highest BCUT2D eigenvalue weighted by Gasteiger charge is 2.33. The molecule has 1 aromatic rings. The van der Waals surface area contributed by atoms with Crippen LogP contribution in [0.3, 0.4) is 0 Å². The van der Waals surface area contributed by atoms with Gasteiger partial charge in [-0.15, -0.1) is 11.8 Å². The van der Waals surface area contributed by atoms with Crippen LogP contribution >= 0.6 is 11.8 Å². The third-order valence-electron chi connectivity index (χ3n) is 4.69. The molecule has 136 valence electrons. The second-order valence-electron chi connectivity index (χ2n) is 6.20. The number of benzene rings is 1. The first-order valence-electron chi connectivity index (χ1n) is 8.55. The Morgan fingerprint density at radius 2 is 1.92 bits per heavy atom. The second-order valence-corrected chi connectivity index (χ2v) is 7.27. The maximum absolute atomic E-state index is 12.3. The summed E-state index contributed by atoms with van der Waals surface area (Å²) in [6.45, 7) is 2.15. The van der Waals surface area contributed by atoms with E-state index in [9.17, 15) is 9.59 Å². The van der Waals surface area contributed by atoms with E-state index >= 15 is 0 Å². The Bertz CT molecular complexity index is 646. The molecule has 2 heterocycles. The molecule has 0 aliphatic carbocycles. The van der Waals surface area contributed by atoms with Crippen LogP contribution in [0.4, 0.5) is 0 Å². The molecule has 2 fully saturated rings. The van der Waals surface area contributed by atoms with Gasteiger partial charge in [0.2, 0.25) is 11.8 Å². The zero-order valence-electron chi connectivity index (χ0n) is 14.7. The first-order chi connectivity index (χ1) is 12.1. The second kappa shape index (κ2) is 7.99. The van der Waals surface area contributed by atoms with E-state index in [0.29, 0.717) is 30.2 Å². The molecule has 2 aliphatic rings. The average molecular weight is 364 g/mol. The Labute approximate surface area is 152 Å². The fraction of sp³-hybridized carbons (Fsp3) is 0.556. The summed E-state index contributed by atoms with van der Waals surface area (Å²) in [5.41, 5.74) is 0.988. The van der Waals surface area contributed by atoms with Crippen LogP contribution < -0.4 is 9.47 Å². The van der Waals surface area contributed by atoms with Crippen molar-refractivity contribution in [3.8, 4) is 11.5 Å². The van der Waals surface area contributed by atoms with Gasteiger partial charge in [-0.3, -0.25) is 9.59 Å². The standard InChI is InChI=1S/C18H24N2O4S/c1-23-14-6-5-13(11-15(14)24-2)18-20(17(22)12-25-18)10-7-16(21)19-8-3-4-9-19/h5-6,11,18H,3-4,7-10,12H2,1-2H3/t18-/m1/s1. The first kappa shape index (κ1) is 17.9. The number of amides is 2. The molecule has 0 radical (unpaired) electrons. The Hall–Kier alpha value is -1.89. The fourth-order valence-electron chi connectivity index (χ4n) is 3.32. The molecule has 2 saturated heterocycles. The minimum absolute atomic E-state index is 0.0824. The molecule has 7 heteroatoms. The van der Waals surface area contributed by atoms with Gasteiger partial charge in [0.1, 0.15) is 5.37 Å². The number of ether oxygens (including phenoxy) is 2. The summed E-state index contributed by atoms with van der Waals surface area (Å²) in [5, 5.41) is -0.0846. The van der Waals surface area contributed by atoms with Crippen LogP contribution in [-0.4, -0.2) is 61.2 Å². The zero-order chi connectivity index (χ0) is 17.8. The van der Waals surface area contributed by atoms with Crippen LogP contribution in [0, 0.1) is 0 Å². The highest BCUT2D eigenvalue weighted by atomic mass is 32.2. The van der Waals surface area contributed by atoms with Gasteiger partial charge in [0.05, 0.1) is 20.0 Å². The van der Waals surface area contributed by atoms with Gasteiger partial charge < -0.3 is 19.3 Å². The van der Waals surface area contributed by atoms with E-state index in [-0.39, 0.29) is 17.2 Å². The maximum atomic E-state index is 12.3. The summed E-state index contributed by atoms with van der Waals surface area (Å²) in [5.74, 6) is 1.98. The van der Waals surface area contributed by atoms with Crippen molar-refractivity contribution in [3.05, 3.63) is 23.8 Å². The van der Waals surface area contributed by atoms with Crippen LogP contribution in [0.1, 0.15) is 30.2 Å². The van der Waals surface area contributed by atoms with Crippen molar-refractivity contribution in [2.75, 3.05) is 39.6 Å². The average Bonchev–Trinajstić information content (AvgIpc) is 3.29. The summed E-state index contributed by atoms with van der Waals surface area (Å²) >= 11 is 1.58. The summed E-state index contributed by atoms with van der Waals surface area (Å²) in [6, 6.07) is 5.71. The number of carbonyl (C=O) groups excluding carboxylic acids is 2. The van der Waals surface area contributed by atoms with E-state index in [1.165, 1.54) is 0 Å². The molecule has 2 aliphatic heterocycles. The zero-order valence-corrected chi connectivity index (χ0v) is 15.5. The fourth-order valence-corrected chi connectivity index (χ4v) is 4.53. The molecule has 3 rings (SSSR count). The number of rotatable bonds is 6. The molecular weight excluding hydrogens is 340 g/mol. The van der Waals surface area contributed by atoms with Gasteiger partial charge in [0, 0.05) is 26.1 Å². The van der Waals surface area contributed by atoms with Crippen LogP contribution in [0.5, 0.6) is 11.5 Å². The topological polar surface area (TPSA) is 59.1 Å². The lowest BCUT2D eigenvalue weighted by Crippen LogP contribution is -2.34. The van der Waals surface area contributed by atoms with Crippen LogP contribution in [0.15, 0.2) is 18.2 Å². The molecule has 6 nitrogen and oxygen atoms in total. The van der Waals surface area contributed by atoms with Crippen molar-refractivity contribution >= 4 is 23.6 Å². The lowest BCUT2D eigenvalue weighted by atomic mass is 10.1. The van der Waals surface area contributed by atoms with E-state index in [2.05, 4.69) is 0 Å². The van der Waals surface area contributed by atoms with Crippen LogP contribution in [-0.2, 0) is 9.59 Å². The van der Waals surface area contributed by atoms with Crippen molar-refractivity contribution in [2.24, 2.45) is 0 Å². The molecule has 0 spiro atoms. The van der Waals surface area contributed by atoms with Crippen LogP contribution in [0.2, 0.25) is 0 Å². The molecule has 0 bridgehead atoms. The quantitative estimate of drug-likeness (QED) is 0.775. The monoisotopic (exact) mass is 364 g/mol. The van der Waals surface area contributed by atoms with Gasteiger partial charge >= 0.3 is 0 Å². The maximum Gasteiger partial charge on any atom is 0.233 e. The van der Waals surface area contributed by atoms with Crippen molar-refractivity contribution in [3.63, 3.8) is 0 Å². The molecule has 0 unspecified atom stereocenters. The number of likely N-dealkylation sites (tertiary alicyclic amines) is 1. The van der Waals surface area contributed by atoms with Gasteiger partial charge in [-0.1, -0.05) is 6.07 Å². The lowest BCUT2D eigenvalue weighted by Gasteiger charge is -2.25. The Morgan fingerprint density at radius 3 is 2.60 bits per heavy atom. The molecule has 1 aromatic carbocycles. The molecule has 1 atom stereocenters. The minimum atomic E-state index is -0.0846. The summed E-state index contributed by atoms with van der Waals surface area (Å²) < 4.78 is 10.6. The van der Waals surface area contributed by atoms with Gasteiger partial charge in [-0.2, -0.15) is 0 Å². The molecule has 0 aromatic heterocycles. The van der Waals surface area contributed by atoms with E-state index in [4.69, 9.17) is 9.47 Å². The minimum Gasteiger partial charge on any atom is -0.493 e. The molecular formula is C18H24N2O4S. The van der Waals surface area contributed by atoms with Crippen molar-refractivity contribution < 1.29 is 19.1 Å².